The molecule has 1 atom stereocenters. The Hall–Kier alpha value is -0.0900. The Morgan fingerprint density at radius 3 is 2.44 bits per heavy atom. The zero-order chi connectivity index (χ0) is 12.6. The molecule has 2 nitrogen and oxygen atoms in total. The Kier molecular flexibility index (Phi) is 3.68. The van der Waals surface area contributed by atoms with Crippen LogP contribution >= 0.6 is 22.9 Å². The predicted octanol–water partition coefficient (Wildman–Crippen LogP) is 3.81. The molecule has 3 rings (SSSR count). The molecule has 2 fully saturated rings. The minimum atomic E-state index is 0.0885. The number of nitrogens with two attached hydrogens (primary N) is 1. The summed E-state index contributed by atoms with van der Waals surface area (Å²) in [5, 5.41) is 2.92. The van der Waals surface area contributed by atoms with E-state index in [1.165, 1.54) is 56.5 Å². The fourth-order valence-corrected chi connectivity index (χ4v) is 5.03. The largest absolute Gasteiger partial charge is 0.322 e. The zero-order valence-electron chi connectivity index (χ0n) is 10.7. The lowest BCUT2D eigenvalue weighted by molar-refractivity contribution is 0.0934. The van der Waals surface area contributed by atoms with E-state index in [2.05, 4.69) is 10.3 Å². The van der Waals surface area contributed by atoms with Gasteiger partial charge in [0.25, 0.3) is 0 Å². The van der Waals surface area contributed by atoms with Gasteiger partial charge in [-0.2, -0.15) is 0 Å². The van der Waals surface area contributed by atoms with Crippen molar-refractivity contribution in [3.63, 3.8) is 0 Å². The Labute approximate surface area is 118 Å². The molecule has 1 unspecified atom stereocenters. The highest BCUT2D eigenvalue weighted by Crippen LogP contribution is 2.47. The molecule has 2 heterocycles. The maximum atomic E-state index is 6.64. The van der Waals surface area contributed by atoms with E-state index in [4.69, 9.17) is 17.3 Å². The summed E-state index contributed by atoms with van der Waals surface area (Å²) in [5.74, 6) is 0. The highest BCUT2D eigenvalue weighted by molar-refractivity contribution is 7.10. The van der Waals surface area contributed by atoms with Crippen molar-refractivity contribution in [1.29, 1.82) is 0 Å². The Bertz CT molecular complexity index is 406. The topological polar surface area (TPSA) is 29.3 Å². The van der Waals surface area contributed by atoms with Crippen LogP contribution in [-0.4, -0.2) is 23.5 Å². The van der Waals surface area contributed by atoms with Gasteiger partial charge in [-0.25, -0.2) is 0 Å². The molecule has 1 saturated heterocycles. The molecule has 0 amide bonds. The molecule has 1 aliphatic heterocycles. The fraction of sp³-hybridized carbons (Fsp3) is 0.714. The third-order valence-corrected chi connectivity index (χ3v) is 6.15. The van der Waals surface area contributed by atoms with Gasteiger partial charge < -0.3 is 5.73 Å². The van der Waals surface area contributed by atoms with E-state index in [1.54, 1.807) is 11.3 Å². The van der Waals surface area contributed by atoms with Gasteiger partial charge in [0, 0.05) is 10.4 Å². The van der Waals surface area contributed by atoms with Crippen LogP contribution in [-0.2, 0) is 0 Å². The number of nitrogens with zero attached hydrogens (tertiary/aromatic N) is 1. The molecule has 1 aliphatic carbocycles. The van der Waals surface area contributed by atoms with Crippen LogP contribution in [0.5, 0.6) is 0 Å². The van der Waals surface area contributed by atoms with Crippen molar-refractivity contribution in [2.24, 2.45) is 5.73 Å². The number of rotatable bonds is 3. The average molecular weight is 285 g/mol. The van der Waals surface area contributed by atoms with Crippen molar-refractivity contribution in [3.05, 3.63) is 21.3 Å². The Balaban J connectivity index is 1.91. The van der Waals surface area contributed by atoms with Crippen LogP contribution in [0, 0.1) is 0 Å². The van der Waals surface area contributed by atoms with E-state index in [-0.39, 0.29) is 11.6 Å². The van der Waals surface area contributed by atoms with E-state index in [0.717, 1.165) is 5.02 Å². The van der Waals surface area contributed by atoms with E-state index in [9.17, 15) is 0 Å². The first kappa shape index (κ1) is 12.9. The number of likely N-dealkylation sites (tertiary alicyclic amines) is 1. The summed E-state index contributed by atoms with van der Waals surface area (Å²) in [6, 6.07) is 2.07. The molecular weight excluding hydrogens is 264 g/mol. The van der Waals surface area contributed by atoms with Crippen molar-refractivity contribution in [2.45, 2.75) is 50.1 Å². The van der Waals surface area contributed by atoms with Gasteiger partial charge in [0.2, 0.25) is 0 Å². The van der Waals surface area contributed by atoms with Crippen molar-refractivity contribution < 1.29 is 0 Å². The standard InChI is InChI=1S/C14H21ClN2S/c15-11-5-10-18-12(11)13(16)14(6-1-2-7-14)17-8-3-4-9-17/h5,10,13H,1-4,6-9,16H2. The molecule has 100 valence electrons. The van der Waals surface area contributed by atoms with Crippen LogP contribution in [0.1, 0.15) is 49.4 Å². The van der Waals surface area contributed by atoms with Gasteiger partial charge in [-0.3, -0.25) is 4.90 Å². The summed E-state index contributed by atoms with van der Waals surface area (Å²) in [4.78, 5) is 3.84. The minimum absolute atomic E-state index is 0.0885. The fourth-order valence-electron chi connectivity index (χ4n) is 3.74. The molecule has 2 N–H and O–H groups in total. The lowest BCUT2D eigenvalue weighted by atomic mass is 9.86. The molecule has 1 aromatic rings. The molecule has 18 heavy (non-hydrogen) atoms. The zero-order valence-corrected chi connectivity index (χ0v) is 12.3. The molecule has 0 spiro atoms. The first-order valence-electron chi connectivity index (χ1n) is 6.97. The highest BCUT2D eigenvalue weighted by atomic mass is 35.5. The van der Waals surface area contributed by atoms with E-state index >= 15 is 0 Å². The van der Waals surface area contributed by atoms with Crippen molar-refractivity contribution >= 4 is 22.9 Å². The second-order valence-corrected chi connectivity index (χ2v) is 6.97. The Morgan fingerprint density at radius 2 is 1.89 bits per heavy atom. The summed E-state index contributed by atoms with van der Waals surface area (Å²) in [5.41, 5.74) is 6.83. The summed E-state index contributed by atoms with van der Waals surface area (Å²) in [6.07, 6.45) is 7.75. The van der Waals surface area contributed by atoms with E-state index in [0.29, 0.717) is 0 Å². The van der Waals surface area contributed by atoms with Gasteiger partial charge in [-0.1, -0.05) is 24.4 Å². The molecule has 0 aromatic carbocycles. The smallest absolute Gasteiger partial charge is 0.0591 e. The Morgan fingerprint density at radius 1 is 1.22 bits per heavy atom. The number of hydrogen-bond donors (Lipinski definition) is 1. The van der Waals surface area contributed by atoms with Crippen molar-refractivity contribution in [2.75, 3.05) is 13.1 Å². The predicted molar refractivity (Wildman–Crippen MR) is 78.3 cm³/mol. The lowest BCUT2D eigenvalue weighted by Crippen LogP contribution is -2.52. The van der Waals surface area contributed by atoms with Crippen LogP contribution in [0.4, 0.5) is 0 Å². The highest BCUT2D eigenvalue weighted by Gasteiger charge is 2.46. The summed E-state index contributed by atoms with van der Waals surface area (Å²) < 4.78 is 0. The summed E-state index contributed by atoms with van der Waals surface area (Å²) in [6.45, 7) is 2.44. The van der Waals surface area contributed by atoms with Crippen LogP contribution < -0.4 is 5.73 Å². The van der Waals surface area contributed by atoms with Crippen LogP contribution in [0.25, 0.3) is 0 Å². The molecule has 0 bridgehead atoms. The normalized spacial score (nSPS) is 25.7. The SMILES string of the molecule is NC(c1sccc1Cl)C1(N2CCCC2)CCCC1. The van der Waals surface area contributed by atoms with E-state index in [1.807, 2.05) is 6.07 Å². The number of hydrogen-bond acceptors (Lipinski definition) is 3. The molecule has 1 saturated carbocycles. The van der Waals surface area contributed by atoms with Gasteiger partial charge in [-0.15, -0.1) is 11.3 Å². The first-order chi connectivity index (χ1) is 8.74. The second-order valence-electron chi connectivity index (χ2n) is 5.62. The molecule has 1 aromatic heterocycles. The maximum Gasteiger partial charge on any atom is 0.0591 e. The van der Waals surface area contributed by atoms with Gasteiger partial charge in [0.05, 0.1) is 11.1 Å². The lowest BCUT2D eigenvalue weighted by Gasteiger charge is -2.43. The third-order valence-electron chi connectivity index (χ3n) is 4.71. The second kappa shape index (κ2) is 5.12. The van der Waals surface area contributed by atoms with E-state index < -0.39 is 0 Å². The van der Waals surface area contributed by atoms with Crippen LogP contribution in [0.15, 0.2) is 11.4 Å². The number of thiophene rings is 1. The first-order valence-corrected chi connectivity index (χ1v) is 8.23. The van der Waals surface area contributed by atoms with Crippen molar-refractivity contribution in [3.8, 4) is 0 Å². The third kappa shape index (κ3) is 2.01. The van der Waals surface area contributed by atoms with Gasteiger partial charge >= 0.3 is 0 Å². The molecule has 4 heteroatoms. The van der Waals surface area contributed by atoms with Gasteiger partial charge in [0.15, 0.2) is 0 Å². The molecule has 2 aliphatic rings. The van der Waals surface area contributed by atoms with Gasteiger partial charge in [-0.05, 0) is 50.2 Å². The summed E-state index contributed by atoms with van der Waals surface area (Å²) >= 11 is 8.01. The van der Waals surface area contributed by atoms with Gasteiger partial charge in [0.1, 0.15) is 0 Å². The van der Waals surface area contributed by atoms with Crippen LogP contribution in [0.2, 0.25) is 5.02 Å². The van der Waals surface area contributed by atoms with Crippen molar-refractivity contribution in [1.82, 2.24) is 4.90 Å². The maximum absolute atomic E-state index is 6.64. The monoisotopic (exact) mass is 284 g/mol. The molecule has 0 radical (unpaired) electrons. The average Bonchev–Trinajstić information content (AvgIpc) is 3.10. The summed E-state index contributed by atoms with van der Waals surface area (Å²) in [7, 11) is 0. The number of halogens is 1. The molecular formula is C14H21ClN2S. The quantitative estimate of drug-likeness (QED) is 0.914. The van der Waals surface area contributed by atoms with Crippen LogP contribution in [0.3, 0.4) is 0 Å². The minimum Gasteiger partial charge on any atom is -0.322 e.